The highest BCUT2D eigenvalue weighted by Crippen LogP contribution is 2.33. The van der Waals surface area contributed by atoms with Crippen molar-refractivity contribution in [2.24, 2.45) is 0 Å². The molecule has 0 heterocycles. The molecule has 1 aliphatic rings. The van der Waals surface area contributed by atoms with Crippen LogP contribution in [0, 0.1) is 13.8 Å². The van der Waals surface area contributed by atoms with Gasteiger partial charge in [0.15, 0.2) is 0 Å². The lowest BCUT2D eigenvalue weighted by Crippen LogP contribution is -2.41. The van der Waals surface area contributed by atoms with Crippen LogP contribution in [0.3, 0.4) is 0 Å². The Kier molecular flexibility index (Phi) is 8.48. The van der Waals surface area contributed by atoms with E-state index in [4.69, 9.17) is 4.74 Å². The Labute approximate surface area is 195 Å². The molecule has 0 bridgehead atoms. The zero-order chi connectivity index (χ0) is 23.1. The Bertz CT molecular complexity index is 1020. The highest BCUT2D eigenvalue weighted by atomic mass is 32.2. The summed E-state index contributed by atoms with van der Waals surface area (Å²) in [6, 6.07) is 11.9. The first-order valence-corrected chi connectivity index (χ1v) is 13.4. The number of thioether (sulfide) groups is 1. The third-order valence-corrected chi connectivity index (χ3v) is 8.74. The molecule has 0 atom stereocenters. The second-order valence-corrected chi connectivity index (χ2v) is 11.4. The van der Waals surface area contributed by atoms with Gasteiger partial charge in [-0.15, -0.1) is 0 Å². The second-order valence-electron chi connectivity index (χ2n) is 8.13. The maximum absolute atomic E-state index is 13.5. The molecule has 0 aliphatic heterocycles. The molecular formula is C24H32N2O4S2. The molecule has 1 fully saturated rings. The Morgan fingerprint density at radius 1 is 1.09 bits per heavy atom. The Morgan fingerprint density at radius 2 is 1.75 bits per heavy atom. The summed E-state index contributed by atoms with van der Waals surface area (Å²) in [5, 5.41) is 3.57. The zero-order valence-corrected chi connectivity index (χ0v) is 20.6. The third-order valence-electron chi connectivity index (χ3n) is 5.58. The molecule has 6 nitrogen and oxygen atoms in total. The van der Waals surface area contributed by atoms with Crippen molar-refractivity contribution >= 4 is 33.4 Å². The number of hydrogen-bond donors (Lipinski definition) is 1. The molecule has 0 radical (unpaired) electrons. The minimum atomic E-state index is -3.97. The van der Waals surface area contributed by atoms with Crippen molar-refractivity contribution in [3.8, 4) is 5.75 Å². The van der Waals surface area contributed by atoms with Crippen molar-refractivity contribution < 1.29 is 17.9 Å². The molecule has 2 aromatic rings. The van der Waals surface area contributed by atoms with Gasteiger partial charge in [0.05, 0.1) is 17.7 Å². The summed E-state index contributed by atoms with van der Waals surface area (Å²) < 4.78 is 33.7. The number of nitrogens with zero attached hydrogens (tertiary/aromatic N) is 1. The molecule has 8 heteroatoms. The van der Waals surface area contributed by atoms with Gasteiger partial charge in [-0.2, -0.15) is 11.8 Å². The van der Waals surface area contributed by atoms with Gasteiger partial charge in [0.1, 0.15) is 12.3 Å². The minimum Gasteiger partial charge on any atom is -0.495 e. The molecule has 32 heavy (non-hydrogen) atoms. The van der Waals surface area contributed by atoms with E-state index in [2.05, 4.69) is 5.32 Å². The lowest BCUT2D eigenvalue weighted by molar-refractivity contribution is -0.119. The van der Waals surface area contributed by atoms with E-state index in [0.717, 1.165) is 21.2 Å². The van der Waals surface area contributed by atoms with E-state index in [0.29, 0.717) is 23.2 Å². The normalized spacial score (nSPS) is 14.3. The van der Waals surface area contributed by atoms with Crippen LogP contribution in [-0.2, 0) is 14.8 Å². The van der Waals surface area contributed by atoms with Gasteiger partial charge in [-0.05, 0) is 56.5 Å². The Hall–Kier alpha value is -2.19. The fraction of sp³-hybridized carbons (Fsp3) is 0.458. The number of amides is 1. The first kappa shape index (κ1) is 24.5. The van der Waals surface area contributed by atoms with E-state index in [-0.39, 0.29) is 17.3 Å². The maximum atomic E-state index is 13.5. The van der Waals surface area contributed by atoms with Gasteiger partial charge < -0.3 is 10.1 Å². The van der Waals surface area contributed by atoms with Crippen molar-refractivity contribution in [2.75, 3.05) is 30.3 Å². The van der Waals surface area contributed by atoms with Crippen LogP contribution >= 0.6 is 11.8 Å². The number of benzene rings is 2. The first-order valence-electron chi connectivity index (χ1n) is 10.9. The predicted octanol–water partition coefficient (Wildman–Crippen LogP) is 4.30. The summed E-state index contributed by atoms with van der Waals surface area (Å²) in [5.41, 5.74) is 2.18. The predicted molar refractivity (Wildman–Crippen MR) is 131 cm³/mol. The number of aryl methyl sites for hydroxylation is 2. The summed E-state index contributed by atoms with van der Waals surface area (Å²) in [6.07, 6.45) is 5.06. The van der Waals surface area contributed by atoms with E-state index < -0.39 is 10.0 Å². The van der Waals surface area contributed by atoms with Gasteiger partial charge in [-0.25, -0.2) is 8.42 Å². The van der Waals surface area contributed by atoms with E-state index >= 15 is 0 Å². The fourth-order valence-electron chi connectivity index (χ4n) is 3.79. The van der Waals surface area contributed by atoms with E-state index in [1.54, 1.807) is 36.4 Å². The number of anilines is 1. The molecule has 0 unspecified atom stereocenters. The lowest BCUT2D eigenvalue weighted by atomic mass is 10.2. The first-order chi connectivity index (χ1) is 15.3. The molecule has 0 aromatic heterocycles. The van der Waals surface area contributed by atoms with Gasteiger partial charge >= 0.3 is 0 Å². The molecular weight excluding hydrogens is 444 g/mol. The topological polar surface area (TPSA) is 75.7 Å². The van der Waals surface area contributed by atoms with E-state index in [1.807, 2.05) is 31.7 Å². The standard InChI is InChI=1S/C24H32N2O4S2/c1-18-8-11-21(12-9-18)32(28,29)26(22-16-19(2)10-13-23(22)30-3)17-24(27)25-14-15-31-20-6-4-5-7-20/h8-13,16,20H,4-7,14-15,17H2,1-3H3,(H,25,27). The highest BCUT2D eigenvalue weighted by Gasteiger charge is 2.29. The van der Waals surface area contributed by atoms with Crippen molar-refractivity contribution in [3.63, 3.8) is 0 Å². The number of carbonyl (C=O) groups excluding carboxylic acids is 1. The number of rotatable bonds is 10. The minimum absolute atomic E-state index is 0.135. The molecule has 0 saturated heterocycles. The summed E-state index contributed by atoms with van der Waals surface area (Å²) in [5.74, 6) is 0.890. The van der Waals surface area contributed by atoms with Gasteiger partial charge in [0, 0.05) is 17.5 Å². The molecule has 1 aliphatic carbocycles. The van der Waals surface area contributed by atoms with Crippen LogP contribution < -0.4 is 14.4 Å². The SMILES string of the molecule is COc1ccc(C)cc1N(CC(=O)NCCSC1CCCC1)S(=O)(=O)c1ccc(C)cc1. The molecule has 1 amide bonds. The largest absolute Gasteiger partial charge is 0.495 e. The average molecular weight is 477 g/mol. The van der Waals surface area contributed by atoms with Gasteiger partial charge in [0.2, 0.25) is 5.91 Å². The van der Waals surface area contributed by atoms with Gasteiger partial charge in [-0.1, -0.05) is 36.6 Å². The molecule has 2 aromatic carbocycles. The van der Waals surface area contributed by atoms with E-state index in [1.165, 1.54) is 32.8 Å². The van der Waals surface area contributed by atoms with Crippen LogP contribution in [0.25, 0.3) is 0 Å². The van der Waals surface area contributed by atoms with Crippen LogP contribution in [0.1, 0.15) is 36.8 Å². The van der Waals surface area contributed by atoms with Crippen LogP contribution in [0.5, 0.6) is 5.75 Å². The van der Waals surface area contributed by atoms with Crippen molar-refractivity contribution in [2.45, 2.75) is 49.7 Å². The van der Waals surface area contributed by atoms with Crippen LogP contribution in [0.2, 0.25) is 0 Å². The number of nitrogens with one attached hydrogen (secondary N) is 1. The smallest absolute Gasteiger partial charge is 0.264 e. The zero-order valence-electron chi connectivity index (χ0n) is 19.0. The second kappa shape index (κ2) is 11.1. The molecule has 1 N–H and O–H groups in total. The van der Waals surface area contributed by atoms with Crippen molar-refractivity contribution in [1.29, 1.82) is 0 Å². The summed E-state index contributed by atoms with van der Waals surface area (Å²) >= 11 is 1.89. The van der Waals surface area contributed by atoms with E-state index in [9.17, 15) is 13.2 Å². The Balaban J connectivity index is 1.80. The Morgan fingerprint density at radius 3 is 2.41 bits per heavy atom. The monoisotopic (exact) mass is 476 g/mol. The molecule has 0 spiro atoms. The van der Waals surface area contributed by atoms with Gasteiger partial charge in [0.25, 0.3) is 10.0 Å². The number of hydrogen-bond acceptors (Lipinski definition) is 5. The maximum Gasteiger partial charge on any atom is 0.264 e. The average Bonchev–Trinajstić information content (AvgIpc) is 3.29. The van der Waals surface area contributed by atoms with Crippen LogP contribution in [-0.4, -0.2) is 45.5 Å². The fourth-order valence-corrected chi connectivity index (χ4v) is 6.43. The lowest BCUT2D eigenvalue weighted by Gasteiger charge is -2.26. The van der Waals surface area contributed by atoms with Crippen molar-refractivity contribution in [1.82, 2.24) is 5.32 Å². The summed E-state index contributed by atoms with van der Waals surface area (Å²) in [7, 11) is -2.48. The number of methoxy groups -OCH3 is 1. The molecule has 174 valence electrons. The molecule has 1 saturated carbocycles. The third kappa shape index (κ3) is 6.19. The number of sulfonamides is 1. The van der Waals surface area contributed by atoms with Crippen LogP contribution in [0.4, 0.5) is 5.69 Å². The van der Waals surface area contributed by atoms with Gasteiger partial charge in [-0.3, -0.25) is 9.10 Å². The number of carbonyl (C=O) groups is 1. The van der Waals surface area contributed by atoms with Crippen LogP contribution in [0.15, 0.2) is 47.4 Å². The molecule has 3 rings (SSSR count). The number of ether oxygens (including phenoxy) is 1. The summed E-state index contributed by atoms with van der Waals surface area (Å²) in [6.45, 7) is 3.97. The van der Waals surface area contributed by atoms with Crippen molar-refractivity contribution in [3.05, 3.63) is 53.6 Å². The highest BCUT2D eigenvalue weighted by molar-refractivity contribution is 7.99. The quantitative estimate of drug-likeness (QED) is 0.518. The summed E-state index contributed by atoms with van der Waals surface area (Å²) in [4.78, 5) is 12.9.